The van der Waals surface area contributed by atoms with Crippen LogP contribution in [-0.4, -0.2) is 42.5 Å². The second-order valence-corrected chi connectivity index (χ2v) is 17.4. The zero-order valence-corrected chi connectivity index (χ0v) is 29.5. The van der Waals surface area contributed by atoms with Gasteiger partial charge in [0.25, 0.3) is 0 Å². The van der Waals surface area contributed by atoms with E-state index in [9.17, 15) is 0 Å². The Labute approximate surface area is 254 Å². The van der Waals surface area contributed by atoms with Gasteiger partial charge in [-0.15, -0.1) is 0 Å². The number of hydrogen-bond donors (Lipinski definition) is 0. The molecule has 0 aromatic heterocycles. The van der Waals surface area contributed by atoms with E-state index in [1.165, 1.54) is 28.2 Å². The van der Waals surface area contributed by atoms with Crippen molar-refractivity contribution >= 4 is 12.3 Å². The van der Waals surface area contributed by atoms with Crippen LogP contribution in [0.5, 0.6) is 0 Å². The fourth-order valence-electron chi connectivity index (χ4n) is 5.81. The summed E-state index contributed by atoms with van der Waals surface area (Å²) < 4.78 is 51.9. The summed E-state index contributed by atoms with van der Waals surface area (Å²) in [5.74, 6) is 1.62. The van der Waals surface area contributed by atoms with Crippen LogP contribution in [0.15, 0.2) is 23.5 Å². The van der Waals surface area contributed by atoms with Crippen molar-refractivity contribution in [3.8, 4) is 0 Å². The summed E-state index contributed by atoms with van der Waals surface area (Å²) in [7, 11) is -0.0372. The van der Waals surface area contributed by atoms with E-state index < -0.39 is 8.32 Å². The molecule has 0 aromatic carbocycles. The van der Waals surface area contributed by atoms with E-state index in [0.29, 0.717) is 28.6 Å². The first kappa shape index (κ1) is 45.7. The van der Waals surface area contributed by atoms with E-state index >= 15 is 0 Å². The summed E-state index contributed by atoms with van der Waals surface area (Å²) in [4.78, 5) is 2.64. The van der Waals surface area contributed by atoms with Crippen molar-refractivity contribution in [2.45, 2.75) is 110 Å². The number of likely N-dealkylation sites (tertiary alicyclic amines) is 1. The minimum atomic E-state index is -1.89. The van der Waals surface area contributed by atoms with Crippen LogP contribution in [0.3, 0.4) is 0 Å². The van der Waals surface area contributed by atoms with Gasteiger partial charge in [-0.05, 0) is 0 Å². The molecule has 0 aromatic rings. The molecule has 222 valence electrons. The second kappa shape index (κ2) is 24.3. The standard InChI is InChI=1S/C25H45NO2Si.5CO.W/c1-18(2)29(19(3)4,20(5)6)28-23-14-13-22(21(7)16-23)17-26-15-11-12-24(26)25(8,9)27-10;5*1-2;/h13,16,18-21,24H,11-12,14-15H2,1-10H3;;;;;;/t21-,24+;;;;;;/m1....../s1. The second-order valence-electron chi connectivity index (χ2n) is 10.7. The van der Waals surface area contributed by atoms with Crippen LogP contribution in [0.4, 0.5) is 0 Å². The zero-order chi connectivity index (χ0) is 32.9. The third-order valence-corrected chi connectivity index (χ3v) is 15.3. The van der Waals surface area contributed by atoms with E-state index in [-0.39, 0.29) is 5.60 Å². The summed E-state index contributed by atoms with van der Waals surface area (Å²) >= 11 is 1.56. The van der Waals surface area contributed by atoms with E-state index in [1.54, 1.807) is 19.4 Å². The molecular weight excluding hydrogens is 698 g/mol. The Morgan fingerprint density at radius 3 is 1.70 bits per heavy atom. The fourth-order valence-corrected chi connectivity index (χ4v) is 12.9. The summed E-state index contributed by atoms with van der Waals surface area (Å²) in [6.45, 7) is 44.7. The van der Waals surface area contributed by atoms with Gasteiger partial charge in [-0.3, -0.25) is 0 Å². The van der Waals surface area contributed by atoms with Crippen molar-refractivity contribution < 1.29 is 51.8 Å². The van der Waals surface area contributed by atoms with Crippen molar-refractivity contribution in [1.29, 1.82) is 0 Å². The van der Waals surface area contributed by atoms with Crippen LogP contribution in [0, 0.1) is 39.2 Å². The average Bonchev–Trinajstić information content (AvgIpc) is 3.47. The van der Waals surface area contributed by atoms with Crippen LogP contribution in [0.25, 0.3) is 0 Å². The minimum absolute atomic E-state index is 0.114. The molecule has 1 saturated heterocycles. The van der Waals surface area contributed by atoms with E-state index in [2.05, 4.69) is 113 Å². The van der Waals surface area contributed by atoms with Gasteiger partial charge in [-0.25, -0.2) is 0 Å². The molecule has 2 rings (SSSR count). The van der Waals surface area contributed by atoms with Crippen molar-refractivity contribution in [3.63, 3.8) is 0 Å². The Morgan fingerprint density at radius 2 is 1.35 bits per heavy atom. The molecule has 1 aliphatic heterocycles. The maximum absolute atomic E-state index is 7.50. The number of methoxy groups -OCH3 is 1. The van der Waals surface area contributed by atoms with Crippen LogP contribution < -0.4 is 0 Å². The fraction of sp³-hybridized carbons (Fsp3) is 0.667. The summed E-state index contributed by atoms with van der Waals surface area (Å²) in [6.07, 6.45) is 8.28. The van der Waals surface area contributed by atoms with Gasteiger partial charge < -0.3 is 0 Å². The number of rotatable bonds is 9. The van der Waals surface area contributed by atoms with Gasteiger partial charge in [0.15, 0.2) is 0 Å². The zero-order valence-electron chi connectivity index (χ0n) is 25.6. The molecule has 0 amide bonds. The van der Waals surface area contributed by atoms with E-state index in [1.807, 2.05) is 7.11 Å². The van der Waals surface area contributed by atoms with Crippen molar-refractivity contribution in [2.75, 3.05) is 13.7 Å². The maximum atomic E-state index is 7.50. The molecule has 0 unspecified atom stereocenters. The number of ether oxygens (including phenoxy) is 1. The predicted octanol–water partition coefficient (Wildman–Crippen LogP) is 6.41. The topological polar surface area (TPSA) is 121 Å². The summed E-state index contributed by atoms with van der Waals surface area (Å²) in [5, 5.41) is 0. The Morgan fingerprint density at radius 1 is 0.925 bits per heavy atom. The molecule has 0 saturated carbocycles. The molecule has 40 heavy (non-hydrogen) atoms. The molecule has 8 nitrogen and oxygen atoms in total. The third kappa shape index (κ3) is 12.3. The molecule has 2 aliphatic rings. The molecule has 10 heteroatoms. The first-order valence-electron chi connectivity index (χ1n) is 12.9. The normalized spacial score (nSPS) is 18.2. The first-order chi connectivity index (χ1) is 18.9. The molecule has 1 fully saturated rings. The molecule has 0 radical (unpaired) electrons. The average molecular weight is 744 g/mol. The first-order valence-corrected chi connectivity index (χ1v) is 16.5. The van der Waals surface area contributed by atoms with Gasteiger partial charge in [0.1, 0.15) is 0 Å². The van der Waals surface area contributed by atoms with E-state index in [0.717, 1.165) is 13.0 Å². The van der Waals surface area contributed by atoms with Crippen LogP contribution in [0.2, 0.25) is 16.6 Å². The van der Waals surface area contributed by atoms with Crippen molar-refractivity contribution in [3.05, 3.63) is 56.7 Å². The number of nitrogens with zero attached hydrogens (tertiary/aromatic N) is 1. The SMILES string of the molecule is COC(C)(C)[C@@H]1CCCN1[C](=[W])C1=CCC(O[Si](C(C)C)(C(C)C)C(C)C)=C[C@H]1C.[C-]#[O+].[C-]#[O+].[C-]#[O+].[C-]#[O+].[C-]#[O+]. The Hall–Kier alpha value is -1.32. The monoisotopic (exact) mass is 743 g/mol. The number of hydrogen-bond acceptors (Lipinski definition) is 3. The van der Waals surface area contributed by atoms with Gasteiger partial charge in [0, 0.05) is 0 Å². The summed E-state index contributed by atoms with van der Waals surface area (Å²) in [6, 6.07) is 0.465. The van der Waals surface area contributed by atoms with Gasteiger partial charge >= 0.3 is 255 Å². The molecule has 1 aliphatic carbocycles. The van der Waals surface area contributed by atoms with Gasteiger partial charge in [-0.2, -0.15) is 0 Å². The third-order valence-electron chi connectivity index (χ3n) is 7.55. The van der Waals surface area contributed by atoms with Crippen LogP contribution in [-0.2, 0) is 51.8 Å². The molecule has 1 heterocycles. The van der Waals surface area contributed by atoms with Gasteiger partial charge in [0.05, 0.1) is 0 Å². The van der Waals surface area contributed by atoms with Gasteiger partial charge in [-0.1, -0.05) is 0 Å². The van der Waals surface area contributed by atoms with Crippen molar-refractivity contribution in [2.24, 2.45) is 5.92 Å². The predicted molar refractivity (Wildman–Crippen MR) is 148 cm³/mol. The Kier molecular flexibility index (Phi) is 27.7. The number of allylic oxidation sites excluding steroid dienone is 2. The molecule has 0 bridgehead atoms. The molecule has 2 atom stereocenters. The molecule has 0 N–H and O–H groups in total. The van der Waals surface area contributed by atoms with E-state index in [4.69, 9.17) is 32.4 Å². The molecular formula is C30H45NO7SiW. The Balaban J connectivity index is -0.000000582. The van der Waals surface area contributed by atoms with Crippen molar-refractivity contribution in [1.82, 2.24) is 4.90 Å². The quantitative estimate of drug-likeness (QED) is 0.154. The summed E-state index contributed by atoms with van der Waals surface area (Å²) in [5.41, 5.74) is 3.22. The molecule has 0 spiro atoms. The van der Waals surface area contributed by atoms with Gasteiger partial charge in [0.2, 0.25) is 0 Å². The van der Waals surface area contributed by atoms with Crippen LogP contribution >= 0.6 is 0 Å². The van der Waals surface area contributed by atoms with Crippen LogP contribution in [0.1, 0.15) is 81.6 Å². The Bertz CT molecular complexity index is 841.